The minimum atomic E-state index is -0.538. The number of carbonyl (C=O) groups excluding carboxylic acids is 1. The summed E-state index contributed by atoms with van der Waals surface area (Å²) in [5.41, 5.74) is 0.731. The number of hydrogen-bond donors (Lipinski definition) is 0. The molecule has 1 aliphatic rings. The number of amides is 1. The van der Waals surface area contributed by atoms with Gasteiger partial charge in [-0.15, -0.1) is 0 Å². The third-order valence-electron chi connectivity index (χ3n) is 3.96. The minimum absolute atomic E-state index is 0.0741. The standard InChI is InChI=1S/C18H18N2O6/c1-2-19(10-13-7-8-16-17(9-13)26-12-25-16)18(21)11-24-15-6-4-3-5-14(15)20(22)23/h3-9H,2,10-12H2,1H3. The highest BCUT2D eigenvalue weighted by Crippen LogP contribution is 2.32. The largest absolute Gasteiger partial charge is 0.477 e. The molecular weight excluding hydrogens is 340 g/mol. The van der Waals surface area contributed by atoms with Crippen LogP contribution < -0.4 is 14.2 Å². The van der Waals surface area contributed by atoms with Gasteiger partial charge in [0.15, 0.2) is 23.9 Å². The van der Waals surface area contributed by atoms with Crippen LogP contribution in [0.5, 0.6) is 17.2 Å². The minimum Gasteiger partial charge on any atom is -0.477 e. The van der Waals surface area contributed by atoms with Gasteiger partial charge in [0.25, 0.3) is 5.91 Å². The molecule has 8 nitrogen and oxygen atoms in total. The Kier molecular flexibility index (Phi) is 5.21. The van der Waals surface area contributed by atoms with Gasteiger partial charge in [0.2, 0.25) is 6.79 Å². The lowest BCUT2D eigenvalue weighted by Crippen LogP contribution is -2.34. The first-order chi connectivity index (χ1) is 12.6. The van der Waals surface area contributed by atoms with Crippen molar-refractivity contribution in [1.82, 2.24) is 4.90 Å². The Morgan fingerprint density at radius 1 is 1.23 bits per heavy atom. The van der Waals surface area contributed by atoms with E-state index in [-0.39, 0.29) is 30.7 Å². The molecule has 2 aromatic rings. The molecule has 0 atom stereocenters. The summed E-state index contributed by atoms with van der Waals surface area (Å²) < 4.78 is 16.0. The lowest BCUT2D eigenvalue weighted by Gasteiger charge is -2.21. The molecule has 0 unspecified atom stereocenters. The summed E-state index contributed by atoms with van der Waals surface area (Å²) in [6.07, 6.45) is 0. The number of carbonyl (C=O) groups is 1. The Hall–Kier alpha value is -3.29. The summed E-state index contributed by atoms with van der Waals surface area (Å²) in [4.78, 5) is 24.5. The normalized spacial score (nSPS) is 11.9. The molecule has 1 aliphatic heterocycles. The van der Waals surface area contributed by atoms with E-state index in [4.69, 9.17) is 14.2 Å². The number of likely N-dealkylation sites (N-methyl/N-ethyl adjacent to an activating group) is 1. The number of ether oxygens (including phenoxy) is 3. The highest BCUT2D eigenvalue weighted by atomic mass is 16.7. The molecule has 1 amide bonds. The van der Waals surface area contributed by atoms with Crippen molar-refractivity contribution in [3.8, 4) is 17.2 Å². The van der Waals surface area contributed by atoms with Crippen molar-refractivity contribution in [2.45, 2.75) is 13.5 Å². The van der Waals surface area contributed by atoms with Crippen LogP contribution in [0.4, 0.5) is 5.69 Å². The second-order valence-electron chi connectivity index (χ2n) is 5.61. The fourth-order valence-corrected chi connectivity index (χ4v) is 2.60. The maximum Gasteiger partial charge on any atom is 0.310 e. The van der Waals surface area contributed by atoms with Crippen LogP contribution in [-0.2, 0) is 11.3 Å². The van der Waals surface area contributed by atoms with Crippen LogP contribution in [0.15, 0.2) is 42.5 Å². The molecule has 0 N–H and O–H groups in total. The number of benzene rings is 2. The molecule has 0 bridgehead atoms. The van der Waals surface area contributed by atoms with Crippen LogP contribution in [-0.4, -0.2) is 35.7 Å². The van der Waals surface area contributed by atoms with E-state index in [2.05, 4.69) is 0 Å². The summed E-state index contributed by atoms with van der Waals surface area (Å²) in [5, 5.41) is 11.0. The molecule has 0 spiro atoms. The summed E-state index contributed by atoms with van der Waals surface area (Å²) >= 11 is 0. The average molecular weight is 358 g/mol. The molecular formula is C18H18N2O6. The van der Waals surface area contributed by atoms with Crippen LogP contribution in [0.2, 0.25) is 0 Å². The quantitative estimate of drug-likeness (QED) is 0.558. The first-order valence-corrected chi connectivity index (χ1v) is 8.11. The first kappa shape index (κ1) is 17.5. The Morgan fingerprint density at radius 2 is 2.00 bits per heavy atom. The van der Waals surface area contributed by atoms with Crippen molar-refractivity contribution in [1.29, 1.82) is 0 Å². The number of rotatable bonds is 7. The van der Waals surface area contributed by atoms with Gasteiger partial charge in [0.1, 0.15) is 0 Å². The maximum atomic E-state index is 12.4. The number of fused-ring (bicyclic) bond motifs is 1. The zero-order valence-corrected chi connectivity index (χ0v) is 14.2. The highest BCUT2D eigenvalue weighted by molar-refractivity contribution is 5.78. The molecule has 0 radical (unpaired) electrons. The molecule has 1 heterocycles. The lowest BCUT2D eigenvalue weighted by molar-refractivity contribution is -0.385. The summed E-state index contributed by atoms with van der Waals surface area (Å²) in [5.74, 6) is 1.15. The third kappa shape index (κ3) is 3.85. The van der Waals surface area contributed by atoms with Crippen molar-refractivity contribution in [3.63, 3.8) is 0 Å². The maximum absolute atomic E-state index is 12.4. The van der Waals surface area contributed by atoms with Crippen molar-refractivity contribution in [3.05, 3.63) is 58.1 Å². The van der Waals surface area contributed by atoms with Crippen LogP contribution in [0.1, 0.15) is 12.5 Å². The van der Waals surface area contributed by atoms with E-state index in [0.717, 1.165) is 5.56 Å². The smallest absolute Gasteiger partial charge is 0.310 e. The van der Waals surface area contributed by atoms with Gasteiger partial charge in [-0.05, 0) is 30.7 Å². The van der Waals surface area contributed by atoms with E-state index in [1.165, 1.54) is 12.1 Å². The van der Waals surface area contributed by atoms with E-state index in [1.807, 2.05) is 19.1 Å². The summed E-state index contributed by atoms with van der Waals surface area (Å²) in [7, 11) is 0. The second-order valence-corrected chi connectivity index (χ2v) is 5.61. The number of nitro groups is 1. The molecule has 0 fully saturated rings. The number of nitrogens with zero attached hydrogens (tertiary/aromatic N) is 2. The number of hydrogen-bond acceptors (Lipinski definition) is 6. The van der Waals surface area contributed by atoms with Gasteiger partial charge in [0.05, 0.1) is 4.92 Å². The van der Waals surface area contributed by atoms with Crippen molar-refractivity contribution < 1.29 is 23.9 Å². The molecule has 2 aromatic carbocycles. The molecule has 0 aromatic heterocycles. The fraction of sp³-hybridized carbons (Fsp3) is 0.278. The fourth-order valence-electron chi connectivity index (χ4n) is 2.60. The van der Waals surface area contributed by atoms with E-state index in [0.29, 0.717) is 24.6 Å². The predicted octanol–water partition coefficient (Wildman–Crippen LogP) is 2.75. The molecule has 0 aliphatic carbocycles. The molecule has 3 rings (SSSR count). The predicted molar refractivity (Wildman–Crippen MR) is 92.2 cm³/mol. The zero-order valence-electron chi connectivity index (χ0n) is 14.2. The van der Waals surface area contributed by atoms with Crippen LogP contribution in [0.25, 0.3) is 0 Å². The van der Waals surface area contributed by atoms with Crippen molar-refractivity contribution >= 4 is 11.6 Å². The molecule has 0 saturated carbocycles. The van der Waals surface area contributed by atoms with Crippen molar-refractivity contribution in [2.24, 2.45) is 0 Å². The van der Waals surface area contributed by atoms with Gasteiger partial charge in [0, 0.05) is 19.2 Å². The Morgan fingerprint density at radius 3 is 2.77 bits per heavy atom. The Bertz CT molecular complexity index is 823. The molecule has 8 heteroatoms. The Balaban J connectivity index is 1.63. The monoisotopic (exact) mass is 358 g/mol. The first-order valence-electron chi connectivity index (χ1n) is 8.11. The van der Waals surface area contributed by atoms with E-state index >= 15 is 0 Å². The zero-order chi connectivity index (χ0) is 18.5. The van der Waals surface area contributed by atoms with Crippen molar-refractivity contribution in [2.75, 3.05) is 19.9 Å². The van der Waals surface area contributed by atoms with Gasteiger partial charge in [-0.3, -0.25) is 14.9 Å². The van der Waals surface area contributed by atoms with Crippen LogP contribution in [0.3, 0.4) is 0 Å². The van der Waals surface area contributed by atoms with E-state index in [1.54, 1.807) is 23.1 Å². The lowest BCUT2D eigenvalue weighted by atomic mass is 10.2. The number of nitro benzene ring substituents is 1. The molecule has 0 saturated heterocycles. The van der Waals surface area contributed by atoms with Gasteiger partial charge in [-0.1, -0.05) is 18.2 Å². The van der Waals surface area contributed by atoms with Gasteiger partial charge in [-0.25, -0.2) is 0 Å². The van der Waals surface area contributed by atoms with Crippen LogP contribution >= 0.6 is 0 Å². The van der Waals surface area contributed by atoms with E-state index in [9.17, 15) is 14.9 Å². The van der Waals surface area contributed by atoms with Crippen LogP contribution in [0, 0.1) is 10.1 Å². The summed E-state index contributed by atoms with van der Waals surface area (Å²) in [6.45, 7) is 2.64. The van der Waals surface area contributed by atoms with Gasteiger partial charge in [-0.2, -0.15) is 0 Å². The van der Waals surface area contributed by atoms with Gasteiger partial charge < -0.3 is 19.1 Å². The second kappa shape index (κ2) is 7.73. The third-order valence-corrected chi connectivity index (χ3v) is 3.96. The van der Waals surface area contributed by atoms with E-state index < -0.39 is 4.92 Å². The topological polar surface area (TPSA) is 91.1 Å². The van der Waals surface area contributed by atoms with Gasteiger partial charge >= 0.3 is 5.69 Å². The molecule has 26 heavy (non-hydrogen) atoms. The highest BCUT2D eigenvalue weighted by Gasteiger charge is 2.19. The molecule has 136 valence electrons. The SMILES string of the molecule is CCN(Cc1ccc2c(c1)OCO2)C(=O)COc1ccccc1[N+](=O)[O-]. The average Bonchev–Trinajstić information content (AvgIpc) is 3.12. The number of para-hydroxylation sites is 2. The summed E-state index contributed by atoms with van der Waals surface area (Å²) in [6, 6.07) is 11.5. The Labute approximate surface area is 150 Å².